The fraction of sp³-hybridized carbons (Fsp3) is 0.0952. The zero-order chi connectivity index (χ0) is 19.7. The van der Waals surface area contributed by atoms with Gasteiger partial charge in [-0.25, -0.2) is 4.98 Å². The Morgan fingerprint density at radius 1 is 1.11 bits per heavy atom. The molecular weight excluding hydrogens is 397 g/mol. The van der Waals surface area contributed by atoms with Crippen LogP contribution in [0, 0.1) is 0 Å². The average Bonchev–Trinajstić information content (AvgIpc) is 3.13. The van der Waals surface area contributed by atoms with Gasteiger partial charge in [0.25, 0.3) is 0 Å². The molecule has 0 radical (unpaired) electrons. The Hall–Kier alpha value is -2.89. The molecule has 28 heavy (non-hydrogen) atoms. The third-order valence-electron chi connectivity index (χ3n) is 4.42. The molecular formula is C21H15Cl2N3O2. The number of anilines is 1. The van der Waals surface area contributed by atoms with Gasteiger partial charge in [-0.1, -0.05) is 35.3 Å². The van der Waals surface area contributed by atoms with Gasteiger partial charge in [0.1, 0.15) is 5.52 Å². The summed E-state index contributed by atoms with van der Waals surface area (Å²) in [7, 11) is 0. The number of nitrogens with one attached hydrogen (secondary N) is 1. The molecule has 0 unspecified atom stereocenters. The predicted molar refractivity (Wildman–Crippen MR) is 111 cm³/mol. The van der Waals surface area contributed by atoms with Gasteiger partial charge < -0.3 is 9.73 Å². The summed E-state index contributed by atoms with van der Waals surface area (Å²) in [5.41, 5.74) is 3.42. The second kappa shape index (κ2) is 7.62. The topological polar surface area (TPSA) is 68.0 Å². The molecule has 4 aromatic rings. The van der Waals surface area contributed by atoms with E-state index in [0.717, 1.165) is 5.56 Å². The molecule has 0 aliphatic rings. The van der Waals surface area contributed by atoms with Crippen LogP contribution in [0.5, 0.6) is 0 Å². The van der Waals surface area contributed by atoms with Crippen molar-refractivity contribution >= 4 is 45.9 Å². The van der Waals surface area contributed by atoms with E-state index in [2.05, 4.69) is 15.3 Å². The van der Waals surface area contributed by atoms with Gasteiger partial charge in [-0.3, -0.25) is 9.78 Å². The van der Waals surface area contributed by atoms with Crippen molar-refractivity contribution in [1.82, 2.24) is 9.97 Å². The van der Waals surface area contributed by atoms with Gasteiger partial charge in [0.2, 0.25) is 11.8 Å². The summed E-state index contributed by atoms with van der Waals surface area (Å²) in [5.74, 6) is -0.159. The average molecular weight is 412 g/mol. The molecule has 7 heteroatoms. The van der Waals surface area contributed by atoms with Crippen LogP contribution < -0.4 is 5.32 Å². The minimum absolute atomic E-state index is 0.193. The number of rotatable bonds is 4. The van der Waals surface area contributed by atoms with E-state index in [0.29, 0.717) is 38.3 Å². The highest BCUT2D eigenvalue weighted by atomic mass is 35.5. The Kier molecular flexibility index (Phi) is 5.03. The van der Waals surface area contributed by atoms with Crippen LogP contribution in [0.15, 0.2) is 65.3 Å². The first kappa shape index (κ1) is 18.5. The van der Waals surface area contributed by atoms with Gasteiger partial charge in [-0.05, 0) is 48.9 Å². The van der Waals surface area contributed by atoms with Crippen molar-refractivity contribution < 1.29 is 9.21 Å². The van der Waals surface area contributed by atoms with Crippen molar-refractivity contribution in [2.45, 2.75) is 12.8 Å². The van der Waals surface area contributed by atoms with Crippen LogP contribution in [0.4, 0.5) is 5.69 Å². The summed E-state index contributed by atoms with van der Waals surface area (Å²) >= 11 is 12.3. The number of carbonyl (C=O) groups is 1. The maximum Gasteiger partial charge on any atom is 0.231 e. The molecule has 140 valence electrons. The zero-order valence-electron chi connectivity index (χ0n) is 14.8. The summed E-state index contributed by atoms with van der Waals surface area (Å²) < 4.78 is 5.78. The Morgan fingerprint density at radius 3 is 2.68 bits per heavy atom. The number of pyridine rings is 1. The van der Waals surface area contributed by atoms with Crippen LogP contribution in [0.1, 0.15) is 18.4 Å². The number of nitrogens with zero attached hydrogens (tertiary/aromatic N) is 2. The third-order valence-corrected chi connectivity index (χ3v) is 5.26. The largest absolute Gasteiger partial charge is 0.436 e. The van der Waals surface area contributed by atoms with Crippen LogP contribution in [0.3, 0.4) is 0 Å². The van der Waals surface area contributed by atoms with Gasteiger partial charge >= 0.3 is 0 Å². The second-order valence-corrected chi connectivity index (χ2v) is 7.08. The number of benzene rings is 2. The van der Waals surface area contributed by atoms with E-state index in [1.54, 1.807) is 55.7 Å². The quantitative estimate of drug-likeness (QED) is 0.451. The Labute approximate surface area is 171 Å². The summed E-state index contributed by atoms with van der Waals surface area (Å²) in [6.45, 7) is 1.78. The summed E-state index contributed by atoms with van der Waals surface area (Å²) in [4.78, 5) is 21.2. The van der Waals surface area contributed by atoms with Gasteiger partial charge in [-0.2, -0.15) is 0 Å². The van der Waals surface area contributed by atoms with Crippen molar-refractivity contribution in [2.75, 3.05) is 5.32 Å². The van der Waals surface area contributed by atoms with Crippen LogP contribution in [0.25, 0.3) is 22.6 Å². The Balaban J connectivity index is 1.57. The summed E-state index contributed by atoms with van der Waals surface area (Å²) in [6.07, 6.45) is 3.36. The summed E-state index contributed by atoms with van der Waals surface area (Å²) in [6, 6.07) is 14.2. The number of fused-ring (bicyclic) bond motifs is 1. The number of aromatic nitrogens is 2. The first-order valence-corrected chi connectivity index (χ1v) is 9.34. The maximum atomic E-state index is 12.7. The van der Waals surface area contributed by atoms with Crippen molar-refractivity contribution in [2.24, 2.45) is 0 Å². The highest BCUT2D eigenvalue weighted by molar-refractivity contribution is 6.42. The van der Waals surface area contributed by atoms with E-state index < -0.39 is 5.92 Å². The number of oxazole rings is 1. The Morgan fingerprint density at radius 2 is 1.89 bits per heavy atom. The smallest absolute Gasteiger partial charge is 0.231 e. The molecule has 2 aromatic heterocycles. The predicted octanol–water partition coefficient (Wildman–Crippen LogP) is 5.94. The monoisotopic (exact) mass is 411 g/mol. The molecule has 0 saturated carbocycles. The maximum absolute atomic E-state index is 12.7. The molecule has 1 atom stereocenters. The molecule has 5 nitrogen and oxygen atoms in total. The van der Waals surface area contributed by atoms with Crippen molar-refractivity contribution in [3.63, 3.8) is 0 Å². The number of hydrogen-bond donors (Lipinski definition) is 1. The van der Waals surface area contributed by atoms with E-state index in [4.69, 9.17) is 27.6 Å². The van der Waals surface area contributed by atoms with Crippen LogP contribution in [-0.2, 0) is 4.79 Å². The SMILES string of the molecule is C[C@H](C(=O)Nc1ccc2oc(-c3ccncc3)nc2c1)c1cccc(Cl)c1Cl. The number of halogens is 2. The highest BCUT2D eigenvalue weighted by Gasteiger charge is 2.20. The fourth-order valence-electron chi connectivity index (χ4n) is 2.87. The molecule has 2 heterocycles. The molecule has 0 aliphatic carbocycles. The molecule has 1 N–H and O–H groups in total. The van der Waals surface area contributed by atoms with Crippen LogP contribution in [-0.4, -0.2) is 15.9 Å². The molecule has 2 aromatic carbocycles. The van der Waals surface area contributed by atoms with E-state index in [-0.39, 0.29) is 5.91 Å². The van der Waals surface area contributed by atoms with Gasteiger partial charge in [0.05, 0.1) is 16.0 Å². The standard InChI is InChI=1S/C21H15Cl2N3O2/c1-12(15-3-2-4-16(22)19(15)23)20(27)25-14-5-6-18-17(11-14)26-21(28-18)13-7-9-24-10-8-13/h2-12H,1H3,(H,25,27)/t12-/m0/s1. The molecule has 4 rings (SSSR count). The molecule has 0 fully saturated rings. The molecule has 0 spiro atoms. The van der Waals surface area contributed by atoms with E-state index in [1.807, 2.05) is 12.1 Å². The minimum Gasteiger partial charge on any atom is -0.436 e. The van der Waals surface area contributed by atoms with Crippen molar-refractivity contribution in [1.29, 1.82) is 0 Å². The first-order chi connectivity index (χ1) is 13.5. The van der Waals surface area contributed by atoms with Crippen molar-refractivity contribution in [3.8, 4) is 11.5 Å². The second-order valence-electron chi connectivity index (χ2n) is 6.29. The zero-order valence-corrected chi connectivity index (χ0v) is 16.3. The lowest BCUT2D eigenvalue weighted by atomic mass is 10.00. The number of carbonyl (C=O) groups excluding carboxylic acids is 1. The number of amides is 1. The van der Waals surface area contributed by atoms with Crippen LogP contribution in [0.2, 0.25) is 10.0 Å². The normalized spacial score (nSPS) is 12.1. The van der Waals surface area contributed by atoms with Gasteiger partial charge in [-0.15, -0.1) is 0 Å². The lowest BCUT2D eigenvalue weighted by Gasteiger charge is -2.14. The van der Waals surface area contributed by atoms with Crippen LogP contribution >= 0.6 is 23.2 Å². The Bertz CT molecular complexity index is 1160. The molecule has 0 bridgehead atoms. The highest BCUT2D eigenvalue weighted by Crippen LogP contribution is 2.32. The lowest BCUT2D eigenvalue weighted by molar-refractivity contribution is -0.117. The molecule has 0 aliphatic heterocycles. The minimum atomic E-state index is -0.466. The van der Waals surface area contributed by atoms with E-state index >= 15 is 0 Å². The van der Waals surface area contributed by atoms with E-state index in [1.165, 1.54) is 0 Å². The third kappa shape index (κ3) is 3.59. The van der Waals surface area contributed by atoms with Gasteiger partial charge in [0.15, 0.2) is 5.58 Å². The van der Waals surface area contributed by atoms with E-state index in [9.17, 15) is 4.79 Å². The number of hydrogen-bond acceptors (Lipinski definition) is 4. The lowest BCUT2D eigenvalue weighted by Crippen LogP contribution is -2.19. The first-order valence-electron chi connectivity index (χ1n) is 8.58. The molecule has 1 amide bonds. The fourth-order valence-corrected chi connectivity index (χ4v) is 3.34. The van der Waals surface area contributed by atoms with Crippen molar-refractivity contribution in [3.05, 3.63) is 76.5 Å². The van der Waals surface area contributed by atoms with Gasteiger partial charge in [0, 0.05) is 23.6 Å². The molecule has 0 saturated heterocycles. The summed E-state index contributed by atoms with van der Waals surface area (Å²) in [5, 5.41) is 3.71.